The Morgan fingerprint density at radius 1 is 1.00 bits per heavy atom. The predicted molar refractivity (Wildman–Crippen MR) is 83.7 cm³/mol. The molecule has 0 unspecified atom stereocenters. The third-order valence-corrected chi connectivity index (χ3v) is 3.48. The van der Waals surface area contributed by atoms with Crippen LogP contribution in [0.15, 0.2) is 48.5 Å². The number of benzene rings is 2. The maximum absolute atomic E-state index is 13.5. The van der Waals surface area contributed by atoms with Crippen molar-refractivity contribution in [2.45, 2.75) is 20.5 Å². The molecule has 5 heteroatoms. The average molecular weight is 314 g/mol. The molecule has 0 atom stereocenters. The number of rotatable bonds is 4. The lowest BCUT2D eigenvalue weighted by molar-refractivity contribution is 0.289. The van der Waals surface area contributed by atoms with Crippen LogP contribution in [-0.2, 0) is 6.61 Å². The van der Waals surface area contributed by atoms with Crippen molar-refractivity contribution in [2.24, 2.45) is 0 Å². The summed E-state index contributed by atoms with van der Waals surface area (Å²) in [6.07, 6.45) is 0. The van der Waals surface area contributed by atoms with Gasteiger partial charge >= 0.3 is 0 Å². The Labute approximate surface area is 133 Å². The molecular formula is C18H16F2N2O. The summed E-state index contributed by atoms with van der Waals surface area (Å²) < 4.78 is 33.6. The molecule has 3 rings (SSSR count). The van der Waals surface area contributed by atoms with Gasteiger partial charge in [0, 0.05) is 11.8 Å². The smallest absolute Gasteiger partial charge is 0.167 e. The average Bonchev–Trinajstić information content (AvgIpc) is 2.86. The molecule has 23 heavy (non-hydrogen) atoms. The monoisotopic (exact) mass is 314 g/mol. The van der Waals surface area contributed by atoms with E-state index in [4.69, 9.17) is 4.74 Å². The van der Waals surface area contributed by atoms with Crippen molar-refractivity contribution < 1.29 is 13.5 Å². The van der Waals surface area contributed by atoms with Crippen LogP contribution < -0.4 is 4.74 Å². The van der Waals surface area contributed by atoms with Gasteiger partial charge in [0.15, 0.2) is 11.6 Å². The molecule has 0 amide bonds. The van der Waals surface area contributed by atoms with E-state index in [0.29, 0.717) is 0 Å². The van der Waals surface area contributed by atoms with E-state index in [2.05, 4.69) is 5.10 Å². The summed E-state index contributed by atoms with van der Waals surface area (Å²) in [6, 6.07) is 12.9. The van der Waals surface area contributed by atoms with E-state index >= 15 is 0 Å². The first-order chi connectivity index (χ1) is 11.0. The molecule has 3 aromatic rings. The Balaban J connectivity index is 1.71. The van der Waals surface area contributed by atoms with E-state index in [1.54, 1.807) is 0 Å². The molecule has 2 aromatic carbocycles. The molecule has 0 aliphatic rings. The zero-order valence-corrected chi connectivity index (χ0v) is 12.9. The van der Waals surface area contributed by atoms with E-state index in [1.807, 2.05) is 48.9 Å². The maximum atomic E-state index is 13.5. The fourth-order valence-electron chi connectivity index (χ4n) is 2.38. The standard InChI is InChI=1S/C18H16F2N2O/c1-12-9-13(2)22(21-12)16-6-3-14(4-7-16)11-23-18-8-5-15(19)10-17(18)20/h3-10H,11H2,1-2H3. The number of nitrogens with zero attached hydrogens (tertiary/aromatic N) is 2. The minimum Gasteiger partial charge on any atom is -0.486 e. The number of aromatic nitrogens is 2. The van der Waals surface area contributed by atoms with Crippen LogP contribution in [0.5, 0.6) is 5.75 Å². The summed E-state index contributed by atoms with van der Waals surface area (Å²) in [5, 5.41) is 4.42. The highest BCUT2D eigenvalue weighted by atomic mass is 19.1. The molecule has 0 fully saturated rings. The summed E-state index contributed by atoms with van der Waals surface area (Å²) in [5.74, 6) is -1.29. The van der Waals surface area contributed by atoms with E-state index in [1.165, 1.54) is 12.1 Å². The van der Waals surface area contributed by atoms with Crippen LogP contribution in [0.3, 0.4) is 0 Å². The highest BCUT2D eigenvalue weighted by Gasteiger charge is 2.06. The van der Waals surface area contributed by atoms with Crippen molar-refractivity contribution in [1.29, 1.82) is 0 Å². The van der Waals surface area contributed by atoms with Crippen LogP contribution in [0, 0.1) is 25.5 Å². The first kappa shape index (κ1) is 15.2. The van der Waals surface area contributed by atoms with Crippen LogP contribution >= 0.6 is 0 Å². The fourth-order valence-corrected chi connectivity index (χ4v) is 2.38. The van der Waals surface area contributed by atoms with E-state index < -0.39 is 11.6 Å². The van der Waals surface area contributed by atoms with Gasteiger partial charge in [-0.25, -0.2) is 13.5 Å². The number of aryl methyl sites for hydroxylation is 2. The van der Waals surface area contributed by atoms with Crippen molar-refractivity contribution in [3.63, 3.8) is 0 Å². The minimum atomic E-state index is -0.704. The van der Waals surface area contributed by atoms with Crippen molar-refractivity contribution in [2.75, 3.05) is 0 Å². The highest BCUT2D eigenvalue weighted by molar-refractivity contribution is 5.36. The number of hydrogen-bond donors (Lipinski definition) is 0. The van der Waals surface area contributed by atoms with Gasteiger partial charge in [0.1, 0.15) is 12.4 Å². The topological polar surface area (TPSA) is 27.1 Å². The van der Waals surface area contributed by atoms with Gasteiger partial charge in [-0.1, -0.05) is 12.1 Å². The normalized spacial score (nSPS) is 10.8. The number of halogens is 2. The second-order valence-electron chi connectivity index (χ2n) is 5.37. The van der Waals surface area contributed by atoms with Gasteiger partial charge in [-0.3, -0.25) is 0 Å². The van der Waals surface area contributed by atoms with Crippen LogP contribution in [0.25, 0.3) is 5.69 Å². The molecule has 0 saturated heterocycles. The number of ether oxygens (including phenoxy) is 1. The summed E-state index contributed by atoms with van der Waals surface area (Å²) in [7, 11) is 0. The Kier molecular flexibility index (Phi) is 4.10. The lowest BCUT2D eigenvalue weighted by atomic mass is 10.2. The molecule has 0 saturated carbocycles. The molecular weight excluding hydrogens is 298 g/mol. The molecule has 0 N–H and O–H groups in total. The summed E-state index contributed by atoms with van der Waals surface area (Å²) in [4.78, 5) is 0. The SMILES string of the molecule is Cc1cc(C)n(-c2ccc(COc3ccc(F)cc3F)cc2)n1. The first-order valence-electron chi connectivity index (χ1n) is 7.23. The van der Waals surface area contributed by atoms with Crippen molar-refractivity contribution >= 4 is 0 Å². The van der Waals surface area contributed by atoms with Crippen LogP contribution in [0.1, 0.15) is 17.0 Å². The lowest BCUT2D eigenvalue weighted by Crippen LogP contribution is -2.01. The van der Waals surface area contributed by atoms with Crippen LogP contribution in [0.4, 0.5) is 8.78 Å². The molecule has 0 bridgehead atoms. The maximum Gasteiger partial charge on any atom is 0.167 e. The molecule has 0 aliphatic carbocycles. The van der Waals surface area contributed by atoms with Gasteiger partial charge in [0.05, 0.1) is 11.4 Å². The zero-order chi connectivity index (χ0) is 16.4. The van der Waals surface area contributed by atoms with Gasteiger partial charge in [-0.05, 0) is 49.7 Å². The molecule has 1 aromatic heterocycles. The third kappa shape index (κ3) is 3.39. The van der Waals surface area contributed by atoms with Gasteiger partial charge in [-0.2, -0.15) is 5.10 Å². The van der Waals surface area contributed by atoms with Gasteiger partial charge in [0.2, 0.25) is 0 Å². The third-order valence-electron chi connectivity index (χ3n) is 3.48. The van der Waals surface area contributed by atoms with Crippen molar-refractivity contribution in [3.8, 4) is 11.4 Å². The second-order valence-corrected chi connectivity index (χ2v) is 5.37. The second kappa shape index (κ2) is 6.20. The van der Waals surface area contributed by atoms with Crippen molar-refractivity contribution in [1.82, 2.24) is 9.78 Å². The van der Waals surface area contributed by atoms with Crippen LogP contribution in [-0.4, -0.2) is 9.78 Å². The van der Waals surface area contributed by atoms with Gasteiger partial charge < -0.3 is 4.74 Å². The highest BCUT2D eigenvalue weighted by Crippen LogP contribution is 2.19. The van der Waals surface area contributed by atoms with Crippen LogP contribution in [0.2, 0.25) is 0 Å². The Hall–Kier alpha value is -2.69. The summed E-state index contributed by atoms with van der Waals surface area (Å²) in [6.45, 7) is 4.15. The largest absolute Gasteiger partial charge is 0.486 e. The fraction of sp³-hybridized carbons (Fsp3) is 0.167. The Bertz CT molecular complexity index is 826. The first-order valence-corrected chi connectivity index (χ1v) is 7.23. The Morgan fingerprint density at radius 3 is 2.35 bits per heavy atom. The summed E-state index contributed by atoms with van der Waals surface area (Å²) >= 11 is 0. The van der Waals surface area contributed by atoms with E-state index in [0.717, 1.165) is 28.7 Å². The quantitative estimate of drug-likeness (QED) is 0.716. The Morgan fingerprint density at radius 2 is 1.74 bits per heavy atom. The molecule has 118 valence electrons. The molecule has 3 nitrogen and oxygen atoms in total. The van der Waals surface area contributed by atoms with Gasteiger partial charge in [0.25, 0.3) is 0 Å². The molecule has 0 spiro atoms. The molecule has 0 aliphatic heterocycles. The minimum absolute atomic E-state index is 0.0361. The van der Waals surface area contributed by atoms with E-state index in [9.17, 15) is 8.78 Å². The molecule has 1 heterocycles. The lowest BCUT2D eigenvalue weighted by Gasteiger charge is -2.09. The van der Waals surface area contributed by atoms with E-state index in [-0.39, 0.29) is 12.4 Å². The number of hydrogen-bond acceptors (Lipinski definition) is 2. The zero-order valence-electron chi connectivity index (χ0n) is 12.9. The molecule has 0 radical (unpaired) electrons. The van der Waals surface area contributed by atoms with Gasteiger partial charge in [-0.15, -0.1) is 0 Å². The predicted octanol–water partition coefficient (Wildman–Crippen LogP) is 4.35. The van der Waals surface area contributed by atoms with Crippen molar-refractivity contribution in [3.05, 3.63) is 77.1 Å². The summed E-state index contributed by atoms with van der Waals surface area (Å²) in [5.41, 5.74) is 3.85.